The minimum Gasteiger partial charge on any atom is -0.478 e. The molecule has 4 aromatic rings. The minimum atomic E-state index is -0.928. The first-order valence-corrected chi connectivity index (χ1v) is 9.58. The van der Waals surface area contributed by atoms with Crippen molar-refractivity contribution in [1.82, 2.24) is 19.7 Å². The van der Waals surface area contributed by atoms with E-state index in [0.29, 0.717) is 22.9 Å². The van der Waals surface area contributed by atoms with Crippen molar-refractivity contribution >= 4 is 22.7 Å². The Morgan fingerprint density at radius 2 is 1.86 bits per heavy atom. The molecule has 0 unspecified atom stereocenters. The summed E-state index contributed by atoms with van der Waals surface area (Å²) in [7, 11) is 0. The van der Waals surface area contributed by atoms with E-state index in [2.05, 4.69) is 15.4 Å². The van der Waals surface area contributed by atoms with E-state index < -0.39 is 5.97 Å². The van der Waals surface area contributed by atoms with Gasteiger partial charge in [0.2, 0.25) is 0 Å². The van der Waals surface area contributed by atoms with E-state index in [4.69, 9.17) is 4.98 Å². The van der Waals surface area contributed by atoms with Crippen molar-refractivity contribution in [3.8, 4) is 11.4 Å². The average Bonchev–Trinajstić information content (AvgIpc) is 3.33. The fourth-order valence-electron chi connectivity index (χ4n) is 3.85. The lowest BCUT2D eigenvalue weighted by Crippen LogP contribution is -2.09. The van der Waals surface area contributed by atoms with Crippen molar-refractivity contribution < 1.29 is 9.90 Å². The summed E-state index contributed by atoms with van der Waals surface area (Å²) >= 11 is 0. The molecular weight excluding hydrogens is 366 g/mol. The Bertz CT molecular complexity index is 1220. The zero-order chi connectivity index (χ0) is 19.8. The molecule has 7 nitrogen and oxygen atoms in total. The molecule has 2 N–H and O–H groups in total. The topological polar surface area (TPSA) is 92.9 Å². The molecule has 144 valence electrons. The SMILES string of the molecule is O=C(O)c1c(CNc2nc(-c3ccccc3)nc3ccccc23)nn2c1CCC2. The molecule has 5 rings (SSSR count). The number of hydrogen-bond acceptors (Lipinski definition) is 5. The van der Waals surface area contributed by atoms with E-state index in [1.165, 1.54) is 0 Å². The molecule has 0 atom stereocenters. The minimum absolute atomic E-state index is 0.289. The number of nitrogens with zero attached hydrogens (tertiary/aromatic N) is 4. The summed E-state index contributed by atoms with van der Waals surface area (Å²) in [5.41, 5.74) is 3.42. The summed E-state index contributed by atoms with van der Waals surface area (Å²) < 4.78 is 1.81. The highest BCUT2D eigenvalue weighted by Gasteiger charge is 2.26. The van der Waals surface area contributed by atoms with Gasteiger partial charge in [0.15, 0.2) is 5.82 Å². The van der Waals surface area contributed by atoms with Gasteiger partial charge in [-0.2, -0.15) is 5.10 Å². The third-order valence-electron chi connectivity index (χ3n) is 5.19. The summed E-state index contributed by atoms with van der Waals surface area (Å²) in [4.78, 5) is 21.2. The Morgan fingerprint density at radius 1 is 1.07 bits per heavy atom. The first-order chi connectivity index (χ1) is 14.2. The Morgan fingerprint density at radius 3 is 2.69 bits per heavy atom. The average molecular weight is 385 g/mol. The zero-order valence-electron chi connectivity index (χ0n) is 15.7. The van der Waals surface area contributed by atoms with Crippen molar-refractivity contribution in [2.75, 3.05) is 5.32 Å². The lowest BCUT2D eigenvalue weighted by atomic mass is 10.1. The van der Waals surface area contributed by atoms with Crippen molar-refractivity contribution in [1.29, 1.82) is 0 Å². The van der Waals surface area contributed by atoms with Gasteiger partial charge in [-0.3, -0.25) is 4.68 Å². The lowest BCUT2D eigenvalue weighted by Gasteiger charge is -2.11. The molecule has 3 heterocycles. The number of aromatic carboxylic acids is 1. The van der Waals surface area contributed by atoms with Gasteiger partial charge in [-0.15, -0.1) is 0 Å². The summed E-state index contributed by atoms with van der Waals surface area (Å²) in [6.45, 7) is 1.06. The number of hydrogen-bond donors (Lipinski definition) is 2. The predicted octanol–water partition coefficient (Wildman–Crippen LogP) is 3.75. The van der Waals surface area contributed by atoms with Gasteiger partial charge in [-0.25, -0.2) is 14.8 Å². The van der Waals surface area contributed by atoms with E-state index >= 15 is 0 Å². The number of anilines is 1. The van der Waals surface area contributed by atoms with Crippen LogP contribution in [0.2, 0.25) is 0 Å². The van der Waals surface area contributed by atoms with Gasteiger partial charge in [0, 0.05) is 17.5 Å². The number of carboxylic acids is 1. The Labute approximate surface area is 167 Å². The molecule has 1 aliphatic rings. The van der Waals surface area contributed by atoms with Crippen LogP contribution < -0.4 is 5.32 Å². The second-order valence-electron chi connectivity index (χ2n) is 7.03. The van der Waals surface area contributed by atoms with E-state index in [-0.39, 0.29) is 6.54 Å². The summed E-state index contributed by atoms with van der Waals surface area (Å²) in [5.74, 6) is 0.360. The fourth-order valence-corrected chi connectivity index (χ4v) is 3.85. The molecule has 7 heteroatoms. The maximum Gasteiger partial charge on any atom is 0.339 e. The standard InChI is InChI=1S/C22H19N5O2/c28-22(29)19-17(26-27-12-6-11-18(19)27)13-23-21-15-9-4-5-10-16(15)24-20(25-21)14-7-2-1-3-8-14/h1-5,7-10H,6,11-13H2,(H,28,29)(H,23,24,25). The molecule has 2 aromatic carbocycles. The van der Waals surface area contributed by atoms with E-state index in [0.717, 1.165) is 41.5 Å². The number of para-hydroxylation sites is 1. The van der Waals surface area contributed by atoms with E-state index in [9.17, 15) is 9.90 Å². The van der Waals surface area contributed by atoms with Gasteiger partial charge >= 0.3 is 5.97 Å². The Balaban J connectivity index is 1.53. The van der Waals surface area contributed by atoms with Crippen molar-refractivity contribution in [2.24, 2.45) is 0 Å². The molecule has 2 aromatic heterocycles. The highest BCUT2D eigenvalue weighted by molar-refractivity contribution is 5.92. The molecule has 0 aliphatic carbocycles. The van der Waals surface area contributed by atoms with Crippen LogP contribution in [0, 0.1) is 0 Å². The van der Waals surface area contributed by atoms with Crippen LogP contribution in [0.25, 0.3) is 22.3 Å². The van der Waals surface area contributed by atoms with Crippen molar-refractivity contribution in [3.63, 3.8) is 0 Å². The normalized spacial score (nSPS) is 12.8. The van der Waals surface area contributed by atoms with Gasteiger partial charge in [0.1, 0.15) is 11.4 Å². The lowest BCUT2D eigenvalue weighted by molar-refractivity contribution is 0.0694. The number of aryl methyl sites for hydroxylation is 1. The quantitative estimate of drug-likeness (QED) is 0.543. The molecule has 0 radical (unpaired) electrons. The van der Waals surface area contributed by atoms with Gasteiger partial charge < -0.3 is 10.4 Å². The van der Waals surface area contributed by atoms with Crippen LogP contribution >= 0.6 is 0 Å². The molecule has 0 saturated carbocycles. The smallest absolute Gasteiger partial charge is 0.339 e. The van der Waals surface area contributed by atoms with Gasteiger partial charge in [-0.1, -0.05) is 42.5 Å². The molecule has 1 aliphatic heterocycles. The Hall–Kier alpha value is -3.74. The predicted molar refractivity (Wildman–Crippen MR) is 110 cm³/mol. The number of carboxylic acid groups (broad SMARTS) is 1. The first kappa shape index (κ1) is 17.4. The van der Waals surface area contributed by atoms with Crippen LogP contribution in [0.3, 0.4) is 0 Å². The van der Waals surface area contributed by atoms with Gasteiger partial charge in [0.05, 0.1) is 23.4 Å². The molecule has 29 heavy (non-hydrogen) atoms. The van der Waals surface area contributed by atoms with Crippen molar-refractivity contribution in [2.45, 2.75) is 25.9 Å². The first-order valence-electron chi connectivity index (χ1n) is 9.58. The highest BCUT2D eigenvalue weighted by atomic mass is 16.4. The monoisotopic (exact) mass is 385 g/mol. The maximum atomic E-state index is 11.8. The van der Waals surface area contributed by atoms with Crippen LogP contribution in [0.5, 0.6) is 0 Å². The Kier molecular flexibility index (Phi) is 4.20. The number of carbonyl (C=O) groups is 1. The van der Waals surface area contributed by atoms with Crippen LogP contribution in [-0.2, 0) is 19.5 Å². The molecule has 0 bridgehead atoms. The second kappa shape index (κ2) is 7.01. The fraction of sp³-hybridized carbons (Fsp3) is 0.182. The number of nitrogens with one attached hydrogen (secondary N) is 1. The molecule has 0 spiro atoms. The molecule has 0 fully saturated rings. The number of rotatable bonds is 5. The summed E-state index contributed by atoms with van der Waals surface area (Å²) in [5, 5.41) is 18.4. The number of aromatic nitrogens is 4. The van der Waals surface area contributed by atoms with Gasteiger partial charge in [0.25, 0.3) is 0 Å². The largest absolute Gasteiger partial charge is 0.478 e. The highest BCUT2D eigenvalue weighted by Crippen LogP contribution is 2.27. The molecule has 0 amide bonds. The van der Waals surface area contributed by atoms with Crippen molar-refractivity contribution in [3.05, 3.63) is 71.5 Å². The van der Waals surface area contributed by atoms with Crippen LogP contribution in [-0.4, -0.2) is 30.8 Å². The third-order valence-corrected chi connectivity index (χ3v) is 5.19. The molecular formula is C22H19N5O2. The molecule has 0 saturated heterocycles. The van der Waals surface area contributed by atoms with E-state index in [1.54, 1.807) is 0 Å². The number of benzene rings is 2. The summed E-state index contributed by atoms with van der Waals surface area (Å²) in [6.07, 6.45) is 1.69. The van der Waals surface area contributed by atoms with Crippen LogP contribution in [0.15, 0.2) is 54.6 Å². The van der Waals surface area contributed by atoms with Crippen LogP contribution in [0.4, 0.5) is 5.82 Å². The third kappa shape index (κ3) is 3.10. The second-order valence-corrected chi connectivity index (χ2v) is 7.03. The number of fused-ring (bicyclic) bond motifs is 2. The van der Waals surface area contributed by atoms with Crippen LogP contribution in [0.1, 0.15) is 28.2 Å². The van der Waals surface area contributed by atoms with E-state index in [1.807, 2.05) is 59.3 Å². The zero-order valence-corrected chi connectivity index (χ0v) is 15.7. The maximum absolute atomic E-state index is 11.8. The summed E-state index contributed by atoms with van der Waals surface area (Å²) in [6, 6.07) is 17.6. The van der Waals surface area contributed by atoms with Gasteiger partial charge in [-0.05, 0) is 25.0 Å².